The number of aromatic nitrogens is 1. The average Bonchev–Trinajstić information content (AvgIpc) is 2.84. The normalized spacial score (nSPS) is 10.2. The molecule has 0 aliphatic rings. The van der Waals surface area contributed by atoms with Crippen LogP contribution >= 0.6 is 22.9 Å². The molecule has 2 aromatic heterocycles. The Kier molecular flexibility index (Phi) is 4.39. The third-order valence-corrected chi connectivity index (χ3v) is 4.06. The maximum atomic E-state index is 11.7. The number of pyridine rings is 1. The van der Waals surface area contributed by atoms with Crippen molar-refractivity contribution in [1.29, 1.82) is 0 Å². The van der Waals surface area contributed by atoms with Crippen LogP contribution in [0.5, 0.6) is 5.88 Å². The van der Waals surface area contributed by atoms with Crippen LogP contribution in [0.3, 0.4) is 0 Å². The first kappa shape index (κ1) is 15.2. The van der Waals surface area contributed by atoms with Gasteiger partial charge >= 0.3 is 11.7 Å². The summed E-state index contributed by atoms with van der Waals surface area (Å²) in [6, 6.07) is 3.16. The molecule has 21 heavy (non-hydrogen) atoms. The van der Waals surface area contributed by atoms with E-state index in [-0.39, 0.29) is 20.5 Å². The summed E-state index contributed by atoms with van der Waals surface area (Å²) >= 11 is 6.87. The van der Waals surface area contributed by atoms with Gasteiger partial charge in [0.15, 0.2) is 5.56 Å². The summed E-state index contributed by atoms with van der Waals surface area (Å²) in [5.74, 6) is -0.479. The molecule has 0 aliphatic carbocycles. The number of nitrogens with zero attached hydrogens (tertiary/aromatic N) is 2. The SMILES string of the molecule is COC(=O)c1c(Cl)sc(-c2ccc(OC)nc2)c1[N+](=O)[O-]. The minimum Gasteiger partial charge on any atom is -0.481 e. The molecule has 0 saturated heterocycles. The number of carbonyl (C=O) groups is 1. The van der Waals surface area contributed by atoms with Crippen molar-refractivity contribution in [3.05, 3.63) is 38.3 Å². The lowest BCUT2D eigenvalue weighted by molar-refractivity contribution is -0.384. The Morgan fingerprint density at radius 3 is 2.62 bits per heavy atom. The molecule has 2 rings (SSSR count). The minimum absolute atomic E-state index is 0.000585. The topological polar surface area (TPSA) is 91.6 Å². The van der Waals surface area contributed by atoms with Crippen LogP contribution in [0.2, 0.25) is 4.34 Å². The summed E-state index contributed by atoms with van der Waals surface area (Å²) in [5.41, 5.74) is -0.173. The van der Waals surface area contributed by atoms with Gasteiger partial charge in [0.25, 0.3) is 0 Å². The molecule has 0 aromatic carbocycles. The van der Waals surface area contributed by atoms with Gasteiger partial charge in [0.2, 0.25) is 5.88 Å². The first-order valence-electron chi connectivity index (χ1n) is 5.55. The van der Waals surface area contributed by atoms with E-state index in [2.05, 4.69) is 9.72 Å². The monoisotopic (exact) mass is 328 g/mol. The quantitative estimate of drug-likeness (QED) is 0.486. The second kappa shape index (κ2) is 6.06. The van der Waals surface area contributed by atoms with E-state index in [9.17, 15) is 14.9 Å². The van der Waals surface area contributed by atoms with Gasteiger partial charge in [-0.1, -0.05) is 11.6 Å². The molecule has 0 radical (unpaired) electrons. The van der Waals surface area contributed by atoms with Crippen molar-refractivity contribution >= 4 is 34.6 Å². The first-order valence-corrected chi connectivity index (χ1v) is 6.74. The Labute approximate surface area is 128 Å². The van der Waals surface area contributed by atoms with Crippen LogP contribution in [0, 0.1) is 10.1 Å². The highest BCUT2D eigenvalue weighted by Crippen LogP contribution is 2.45. The molecule has 0 N–H and O–H groups in total. The molecular formula is C12H9ClN2O5S. The van der Waals surface area contributed by atoms with Crippen LogP contribution in [0.4, 0.5) is 5.69 Å². The largest absolute Gasteiger partial charge is 0.481 e. The van der Waals surface area contributed by atoms with Crippen LogP contribution < -0.4 is 4.74 Å². The zero-order chi connectivity index (χ0) is 15.6. The number of nitro groups is 1. The predicted octanol–water partition coefficient (Wildman–Crippen LogP) is 3.17. The summed E-state index contributed by atoms with van der Waals surface area (Å²) in [6.07, 6.45) is 1.41. The Morgan fingerprint density at radius 1 is 1.43 bits per heavy atom. The molecule has 2 aromatic rings. The number of halogens is 1. The van der Waals surface area contributed by atoms with Gasteiger partial charge in [0.1, 0.15) is 9.21 Å². The van der Waals surface area contributed by atoms with E-state index in [4.69, 9.17) is 16.3 Å². The second-order valence-electron chi connectivity index (χ2n) is 3.77. The highest BCUT2D eigenvalue weighted by molar-refractivity contribution is 7.20. The Balaban J connectivity index is 2.63. The molecule has 7 nitrogen and oxygen atoms in total. The van der Waals surface area contributed by atoms with Crippen molar-refractivity contribution in [2.24, 2.45) is 0 Å². The molecule has 2 heterocycles. The van der Waals surface area contributed by atoms with E-state index >= 15 is 0 Å². The summed E-state index contributed by atoms with van der Waals surface area (Å²) in [6.45, 7) is 0. The summed E-state index contributed by atoms with van der Waals surface area (Å²) < 4.78 is 9.46. The van der Waals surface area contributed by atoms with Crippen molar-refractivity contribution in [3.63, 3.8) is 0 Å². The lowest BCUT2D eigenvalue weighted by Crippen LogP contribution is -2.04. The fraction of sp³-hybridized carbons (Fsp3) is 0.167. The van der Waals surface area contributed by atoms with Crippen LogP contribution in [0.25, 0.3) is 10.4 Å². The van der Waals surface area contributed by atoms with Gasteiger partial charge in [0.05, 0.1) is 19.1 Å². The van der Waals surface area contributed by atoms with E-state index in [1.54, 1.807) is 12.1 Å². The van der Waals surface area contributed by atoms with Gasteiger partial charge in [-0.3, -0.25) is 10.1 Å². The van der Waals surface area contributed by atoms with Crippen molar-refractivity contribution in [3.8, 4) is 16.3 Å². The molecule has 0 amide bonds. The highest BCUT2D eigenvalue weighted by atomic mass is 35.5. The molecule has 0 spiro atoms. The molecule has 0 atom stereocenters. The number of methoxy groups -OCH3 is 2. The van der Waals surface area contributed by atoms with Gasteiger partial charge < -0.3 is 9.47 Å². The van der Waals surface area contributed by atoms with E-state index in [0.29, 0.717) is 11.4 Å². The van der Waals surface area contributed by atoms with Crippen LogP contribution in [0.15, 0.2) is 18.3 Å². The van der Waals surface area contributed by atoms with E-state index < -0.39 is 10.9 Å². The molecular weight excluding hydrogens is 320 g/mol. The van der Waals surface area contributed by atoms with Crippen molar-refractivity contribution in [2.45, 2.75) is 0 Å². The Bertz CT molecular complexity index is 698. The number of ether oxygens (including phenoxy) is 2. The summed E-state index contributed by atoms with van der Waals surface area (Å²) in [4.78, 5) is 26.5. The van der Waals surface area contributed by atoms with Gasteiger partial charge in [-0.15, -0.1) is 11.3 Å². The maximum absolute atomic E-state index is 11.7. The zero-order valence-electron chi connectivity index (χ0n) is 11.0. The van der Waals surface area contributed by atoms with Crippen molar-refractivity contribution < 1.29 is 19.2 Å². The third-order valence-electron chi connectivity index (χ3n) is 2.62. The molecule has 0 bridgehead atoms. The maximum Gasteiger partial charge on any atom is 0.347 e. The van der Waals surface area contributed by atoms with E-state index in [1.807, 2.05) is 0 Å². The van der Waals surface area contributed by atoms with Gasteiger partial charge in [-0.05, 0) is 6.07 Å². The standard InChI is InChI=1S/C12H9ClN2O5S/c1-19-7-4-3-6(5-14-7)10-9(15(17)18)8(11(13)21-10)12(16)20-2/h3-5H,1-2H3. The van der Waals surface area contributed by atoms with E-state index in [1.165, 1.54) is 13.3 Å². The fourth-order valence-electron chi connectivity index (χ4n) is 1.68. The molecule has 0 aliphatic heterocycles. The number of esters is 1. The molecule has 110 valence electrons. The van der Waals surface area contributed by atoms with Crippen LogP contribution in [0.1, 0.15) is 10.4 Å². The molecule has 0 saturated carbocycles. The van der Waals surface area contributed by atoms with Gasteiger partial charge in [0, 0.05) is 17.8 Å². The third kappa shape index (κ3) is 2.81. The first-order chi connectivity index (χ1) is 9.99. The number of rotatable bonds is 4. The molecule has 0 unspecified atom stereocenters. The Hall–Kier alpha value is -2.19. The molecule has 0 fully saturated rings. The number of hydrogen-bond acceptors (Lipinski definition) is 7. The van der Waals surface area contributed by atoms with Crippen LogP contribution in [-0.2, 0) is 4.74 Å². The zero-order valence-corrected chi connectivity index (χ0v) is 12.5. The van der Waals surface area contributed by atoms with Crippen LogP contribution in [-0.4, -0.2) is 30.1 Å². The van der Waals surface area contributed by atoms with E-state index in [0.717, 1.165) is 18.4 Å². The predicted molar refractivity (Wildman–Crippen MR) is 77.1 cm³/mol. The average molecular weight is 329 g/mol. The van der Waals surface area contributed by atoms with Gasteiger partial charge in [-0.25, -0.2) is 9.78 Å². The smallest absolute Gasteiger partial charge is 0.347 e. The number of hydrogen-bond donors (Lipinski definition) is 0. The second-order valence-corrected chi connectivity index (χ2v) is 5.39. The van der Waals surface area contributed by atoms with Gasteiger partial charge in [-0.2, -0.15) is 0 Å². The summed E-state index contributed by atoms with van der Waals surface area (Å²) in [7, 11) is 2.59. The molecule has 9 heteroatoms. The lowest BCUT2D eigenvalue weighted by Gasteiger charge is -2.01. The number of thiophene rings is 1. The fourth-order valence-corrected chi connectivity index (χ4v) is 3.05. The minimum atomic E-state index is -0.851. The lowest BCUT2D eigenvalue weighted by atomic mass is 10.1. The van der Waals surface area contributed by atoms with Crippen molar-refractivity contribution in [2.75, 3.05) is 14.2 Å². The number of carbonyl (C=O) groups excluding carboxylic acids is 1. The van der Waals surface area contributed by atoms with Crippen molar-refractivity contribution in [1.82, 2.24) is 4.98 Å². The Morgan fingerprint density at radius 2 is 2.14 bits per heavy atom. The highest BCUT2D eigenvalue weighted by Gasteiger charge is 2.33. The summed E-state index contributed by atoms with van der Waals surface area (Å²) in [5, 5.41) is 11.3.